The molecule has 1 aromatic carbocycles. The monoisotopic (exact) mass is 265 g/mol. The van der Waals surface area contributed by atoms with Gasteiger partial charge in [-0.3, -0.25) is 0 Å². The summed E-state index contributed by atoms with van der Waals surface area (Å²) in [6, 6.07) is 10.8. The molecule has 1 rings (SSSR count). The highest BCUT2D eigenvalue weighted by Gasteiger charge is 2.21. The first-order chi connectivity index (χ1) is 9.33. The van der Waals surface area contributed by atoms with E-state index in [1.807, 2.05) is 13.0 Å². The molecule has 0 aliphatic carbocycles. The molecule has 0 bridgehead atoms. The van der Waals surface area contributed by atoms with Gasteiger partial charge in [0.2, 0.25) is 0 Å². The molecule has 0 radical (unpaired) electrons. The summed E-state index contributed by atoms with van der Waals surface area (Å²) in [6.07, 6.45) is 1.17. The number of ether oxygens (including phenoxy) is 2. The fourth-order valence-corrected chi connectivity index (χ4v) is 2.20. The number of nitrogens with one attached hydrogen (secondary N) is 1. The van der Waals surface area contributed by atoms with E-state index < -0.39 is 0 Å². The van der Waals surface area contributed by atoms with Gasteiger partial charge in [0, 0.05) is 6.61 Å². The predicted molar refractivity (Wildman–Crippen MR) is 79.4 cm³/mol. The lowest BCUT2D eigenvalue weighted by Gasteiger charge is -2.27. The summed E-state index contributed by atoms with van der Waals surface area (Å²) in [5.74, 6) is 0. The summed E-state index contributed by atoms with van der Waals surface area (Å²) < 4.78 is 11.3. The summed E-state index contributed by atoms with van der Waals surface area (Å²) in [4.78, 5) is 0. The van der Waals surface area contributed by atoms with E-state index in [-0.39, 0.29) is 12.1 Å². The van der Waals surface area contributed by atoms with E-state index in [4.69, 9.17) is 9.47 Å². The fraction of sp³-hybridized carbons (Fsp3) is 0.625. The SMILES string of the molecule is CCNC(c1ccccc1)C(CC)OCCOCC. The zero-order valence-corrected chi connectivity index (χ0v) is 12.4. The van der Waals surface area contributed by atoms with Crippen molar-refractivity contribution >= 4 is 0 Å². The van der Waals surface area contributed by atoms with Crippen LogP contribution in [0.15, 0.2) is 30.3 Å². The van der Waals surface area contributed by atoms with Crippen molar-refractivity contribution < 1.29 is 9.47 Å². The van der Waals surface area contributed by atoms with E-state index in [9.17, 15) is 0 Å². The molecule has 0 aliphatic heterocycles. The van der Waals surface area contributed by atoms with Crippen LogP contribution in [0.5, 0.6) is 0 Å². The third-order valence-electron chi connectivity index (χ3n) is 3.12. The Morgan fingerprint density at radius 1 is 1.05 bits per heavy atom. The molecule has 0 fully saturated rings. The minimum absolute atomic E-state index is 0.183. The molecule has 108 valence electrons. The summed E-state index contributed by atoms with van der Waals surface area (Å²) in [5, 5.41) is 3.53. The van der Waals surface area contributed by atoms with Crippen molar-refractivity contribution in [2.75, 3.05) is 26.4 Å². The van der Waals surface area contributed by atoms with E-state index in [1.165, 1.54) is 5.56 Å². The molecule has 0 aliphatic rings. The first-order valence-corrected chi connectivity index (χ1v) is 7.31. The molecule has 0 saturated carbocycles. The first kappa shape index (κ1) is 16.2. The highest BCUT2D eigenvalue weighted by Crippen LogP contribution is 2.21. The molecule has 0 heterocycles. The average Bonchev–Trinajstić information content (AvgIpc) is 2.47. The van der Waals surface area contributed by atoms with Gasteiger partial charge in [0.25, 0.3) is 0 Å². The van der Waals surface area contributed by atoms with Gasteiger partial charge in [-0.05, 0) is 25.5 Å². The lowest BCUT2D eigenvalue weighted by atomic mass is 9.99. The lowest BCUT2D eigenvalue weighted by Crippen LogP contribution is -2.34. The smallest absolute Gasteiger partial charge is 0.0768 e. The Labute approximate surface area is 117 Å². The van der Waals surface area contributed by atoms with Crippen molar-refractivity contribution in [2.45, 2.75) is 39.3 Å². The normalized spacial score (nSPS) is 14.3. The zero-order valence-electron chi connectivity index (χ0n) is 12.4. The molecular formula is C16H27NO2. The van der Waals surface area contributed by atoms with Crippen molar-refractivity contribution in [2.24, 2.45) is 0 Å². The number of likely N-dealkylation sites (N-methyl/N-ethyl adjacent to an activating group) is 1. The summed E-state index contributed by atoms with van der Waals surface area (Å²) >= 11 is 0. The van der Waals surface area contributed by atoms with Gasteiger partial charge in [-0.1, -0.05) is 44.2 Å². The predicted octanol–water partition coefficient (Wildman–Crippen LogP) is 3.17. The quantitative estimate of drug-likeness (QED) is 0.659. The number of benzene rings is 1. The fourth-order valence-electron chi connectivity index (χ4n) is 2.20. The topological polar surface area (TPSA) is 30.5 Å². The standard InChI is InChI=1S/C16H27NO2/c1-4-15(19-13-12-18-6-3)16(17-5-2)14-10-8-7-9-11-14/h7-11,15-17H,4-6,12-13H2,1-3H3. The number of rotatable bonds is 10. The van der Waals surface area contributed by atoms with E-state index in [1.54, 1.807) is 0 Å². The van der Waals surface area contributed by atoms with Crippen LogP contribution in [0, 0.1) is 0 Å². The van der Waals surface area contributed by atoms with E-state index >= 15 is 0 Å². The highest BCUT2D eigenvalue weighted by molar-refractivity contribution is 5.20. The molecular weight excluding hydrogens is 238 g/mol. The van der Waals surface area contributed by atoms with Gasteiger partial charge in [-0.2, -0.15) is 0 Å². The van der Waals surface area contributed by atoms with Crippen molar-refractivity contribution in [1.29, 1.82) is 0 Å². The van der Waals surface area contributed by atoms with E-state index in [0.29, 0.717) is 13.2 Å². The van der Waals surface area contributed by atoms with Crippen LogP contribution in [-0.4, -0.2) is 32.5 Å². The van der Waals surface area contributed by atoms with Crippen molar-refractivity contribution in [1.82, 2.24) is 5.32 Å². The van der Waals surface area contributed by atoms with Crippen molar-refractivity contribution in [3.8, 4) is 0 Å². The molecule has 0 spiro atoms. The lowest BCUT2D eigenvalue weighted by molar-refractivity contribution is -0.0114. The Kier molecular flexibility index (Phi) is 8.47. The molecule has 0 aromatic heterocycles. The van der Waals surface area contributed by atoms with Gasteiger partial charge < -0.3 is 14.8 Å². The molecule has 0 amide bonds. The largest absolute Gasteiger partial charge is 0.379 e. The van der Waals surface area contributed by atoms with Gasteiger partial charge in [-0.15, -0.1) is 0 Å². The van der Waals surface area contributed by atoms with E-state index in [0.717, 1.165) is 19.6 Å². The molecule has 0 saturated heterocycles. The van der Waals surface area contributed by atoms with Crippen LogP contribution in [0.4, 0.5) is 0 Å². The molecule has 19 heavy (non-hydrogen) atoms. The van der Waals surface area contributed by atoms with E-state index in [2.05, 4.69) is 43.4 Å². The third kappa shape index (κ3) is 5.72. The molecule has 1 N–H and O–H groups in total. The minimum atomic E-state index is 0.183. The van der Waals surface area contributed by atoms with Crippen LogP contribution in [0.25, 0.3) is 0 Å². The van der Waals surface area contributed by atoms with Crippen molar-refractivity contribution in [3.05, 3.63) is 35.9 Å². The molecule has 2 unspecified atom stereocenters. The first-order valence-electron chi connectivity index (χ1n) is 7.31. The Balaban J connectivity index is 2.61. The van der Waals surface area contributed by atoms with Gasteiger partial charge in [-0.25, -0.2) is 0 Å². The van der Waals surface area contributed by atoms with Crippen LogP contribution >= 0.6 is 0 Å². The van der Waals surface area contributed by atoms with Crippen LogP contribution < -0.4 is 5.32 Å². The van der Waals surface area contributed by atoms with Gasteiger partial charge >= 0.3 is 0 Å². The maximum atomic E-state index is 5.97. The zero-order chi connectivity index (χ0) is 13.9. The molecule has 3 nitrogen and oxygen atoms in total. The third-order valence-corrected chi connectivity index (χ3v) is 3.12. The molecule has 2 atom stereocenters. The Bertz CT molecular complexity index is 316. The highest BCUT2D eigenvalue weighted by atomic mass is 16.5. The summed E-state index contributed by atoms with van der Waals surface area (Å²) in [6.45, 7) is 9.30. The molecule has 3 heteroatoms. The second-order valence-corrected chi connectivity index (χ2v) is 4.46. The second kappa shape index (κ2) is 9.96. The summed E-state index contributed by atoms with van der Waals surface area (Å²) in [5.41, 5.74) is 1.28. The maximum absolute atomic E-state index is 5.97. The Hall–Kier alpha value is -0.900. The van der Waals surface area contributed by atoms with Crippen LogP contribution in [0.3, 0.4) is 0 Å². The van der Waals surface area contributed by atoms with Crippen LogP contribution in [0.1, 0.15) is 38.8 Å². The average molecular weight is 265 g/mol. The second-order valence-electron chi connectivity index (χ2n) is 4.46. The molecule has 1 aromatic rings. The van der Waals surface area contributed by atoms with Gasteiger partial charge in [0.05, 0.1) is 25.4 Å². The van der Waals surface area contributed by atoms with Gasteiger partial charge in [0.1, 0.15) is 0 Å². The number of hydrogen-bond acceptors (Lipinski definition) is 3. The van der Waals surface area contributed by atoms with Crippen molar-refractivity contribution in [3.63, 3.8) is 0 Å². The minimum Gasteiger partial charge on any atom is -0.379 e. The Morgan fingerprint density at radius 3 is 2.37 bits per heavy atom. The Morgan fingerprint density at radius 2 is 1.79 bits per heavy atom. The summed E-state index contributed by atoms with van der Waals surface area (Å²) in [7, 11) is 0. The van der Waals surface area contributed by atoms with Crippen LogP contribution in [0.2, 0.25) is 0 Å². The van der Waals surface area contributed by atoms with Crippen LogP contribution in [-0.2, 0) is 9.47 Å². The maximum Gasteiger partial charge on any atom is 0.0768 e. The van der Waals surface area contributed by atoms with Gasteiger partial charge in [0.15, 0.2) is 0 Å². The number of hydrogen-bond donors (Lipinski definition) is 1.